The largest absolute Gasteiger partial charge is 0.482 e. The van der Waals surface area contributed by atoms with Crippen LogP contribution in [0.15, 0.2) is 29.3 Å². The van der Waals surface area contributed by atoms with Crippen LogP contribution in [0.5, 0.6) is 5.75 Å². The topological polar surface area (TPSA) is 50.7 Å². The monoisotopic (exact) mass is 232 g/mol. The van der Waals surface area contributed by atoms with E-state index in [2.05, 4.69) is 10.3 Å². The van der Waals surface area contributed by atoms with Crippen molar-refractivity contribution >= 4 is 11.6 Å². The number of carbonyl (C=O) groups is 1. The normalized spacial score (nSPS) is 16.0. The van der Waals surface area contributed by atoms with Gasteiger partial charge in [-0.1, -0.05) is 12.1 Å². The Bertz CT molecular complexity index is 454. The number of amidine groups is 1. The van der Waals surface area contributed by atoms with E-state index in [1.807, 2.05) is 25.1 Å². The number of hydrogen-bond donors (Lipinski definition) is 1. The molecule has 1 aliphatic rings. The zero-order valence-corrected chi connectivity index (χ0v) is 10.1. The number of aliphatic imine (C=N–C) groups is 1. The summed E-state index contributed by atoms with van der Waals surface area (Å²) >= 11 is 0. The van der Waals surface area contributed by atoms with Crippen molar-refractivity contribution in [2.24, 2.45) is 4.99 Å². The quantitative estimate of drug-likeness (QED) is 0.803. The maximum Gasteiger partial charge on any atom is 0.163 e. The highest BCUT2D eigenvalue weighted by Crippen LogP contribution is 2.20. The van der Waals surface area contributed by atoms with Crippen LogP contribution in [0, 0.1) is 0 Å². The minimum atomic E-state index is -0.155. The summed E-state index contributed by atoms with van der Waals surface area (Å²) in [7, 11) is 0. The molecule has 0 aromatic heterocycles. The Balaban J connectivity index is 2.15. The first-order valence-electron chi connectivity index (χ1n) is 5.73. The Kier molecular flexibility index (Phi) is 3.42. The smallest absolute Gasteiger partial charge is 0.163 e. The second-order valence-corrected chi connectivity index (χ2v) is 4.01. The molecule has 1 N–H and O–H groups in total. The zero-order chi connectivity index (χ0) is 12.3. The number of ether oxygens (including phenoxy) is 1. The van der Waals surface area contributed by atoms with Crippen molar-refractivity contribution in [1.29, 1.82) is 0 Å². The third kappa shape index (κ3) is 2.64. The first-order valence-corrected chi connectivity index (χ1v) is 5.73. The Labute approximate surface area is 101 Å². The van der Waals surface area contributed by atoms with Gasteiger partial charge in [0.15, 0.2) is 11.9 Å². The van der Waals surface area contributed by atoms with Crippen LogP contribution in [-0.2, 0) is 0 Å². The van der Waals surface area contributed by atoms with Crippen LogP contribution in [0.1, 0.15) is 24.2 Å². The van der Waals surface area contributed by atoms with Crippen LogP contribution in [0.2, 0.25) is 0 Å². The number of para-hydroxylation sites is 1. The minimum absolute atomic E-state index is 0.00844. The number of carbonyl (C=O) groups excluding carboxylic acids is 1. The third-order valence-corrected chi connectivity index (χ3v) is 2.66. The molecule has 4 nitrogen and oxygen atoms in total. The van der Waals surface area contributed by atoms with Gasteiger partial charge in [-0.15, -0.1) is 0 Å². The Hall–Kier alpha value is -1.84. The van der Waals surface area contributed by atoms with Crippen molar-refractivity contribution in [2.45, 2.75) is 20.0 Å². The molecule has 1 aliphatic heterocycles. The van der Waals surface area contributed by atoms with Crippen LogP contribution in [0.3, 0.4) is 0 Å². The van der Waals surface area contributed by atoms with Crippen LogP contribution in [-0.4, -0.2) is 30.8 Å². The Morgan fingerprint density at radius 1 is 1.47 bits per heavy atom. The molecule has 1 heterocycles. The van der Waals surface area contributed by atoms with Crippen LogP contribution < -0.4 is 10.1 Å². The van der Waals surface area contributed by atoms with E-state index in [0.717, 1.165) is 18.9 Å². The average molecular weight is 232 g/mol. The standard InChI is InChI=1S/C13H16N2O2/c1-9(16)11-5-3-4-6-12(11)17-10(2)13-14-7-8-15-13/h3-6,10H,7-8H2,1-2H3,(H,14,15). The molecule has 0 bridgehead atoms. The average Bonchev–Trinajstić information content (AvgIpc) is 2.83. The lowest BCUT2D eigenvalue weighted by Crippen LogP contribution is -2.33. The second-order valence-electron chi connectivity index (χ2n) is 4.01. The van der Waals surface area contributed by atoms with E-state index in [1.54, 1.807) is 6.07 Å². The van der Waals surface area contributed by atoms with Gasteiger partial charge in [0, 0.05) is 6.54 Å². The van der Waals surface area contributed by atoms with E-state index in [-0.39, 0.29) is 11.9 Å². The van der Waals surface area contributed by atoms with Gasteiger partial charge >= 0.3 is 0 Å². The molecular formula is C13H16N2O2. The van der Waals surface area contributed by atoms with Gasteiger partial charge < -0.3 is 10.1 Å². The fourth-order valence-corrected chi connectivity index (χ4v) is 1.80. The Morgan fingerprint density at radius 3 is 2.88 bits per heavy atom. The van der Waals surface area contributed by atoms with Gasteiger partial charge in [-0.2, -0.15) is 0 Å². The van der Waals surface area contributed by atoms with Crippen LogP contribution >= 0.6 is 0 Å². The number of hydrogen-bond acceptors (Lipinski definition) is 4. The van der Waals surface area contributed by atoms with E-state index >= 15 is 0 Å². The summed E-state index contributed by atoms with van der Waals surface area (Å²) in [6.45, 7) is 5.11. The SMILES string of the molecule is CC(=O)c1ccccc1OC(C)C1=NCCN1. The molecule has 90 valence electrons. The number of nitrogens with one attached hydrogen (secondary N) is 1. The summed E-state index contributed by atoms with van der Waals surface area (Å²) < 4.78 is 5.78. The second kappa shape index (κ2) is 4.99. The number of Topliss-reactive ketones (excluding diaryl/α,β-unsaturated/α-hetero) is 1. The maximum atomic E-state index is 11.4. The van der Waals surface area contributed by atoms with Crippen molar-refractivity contribution in [2.75, 3.05) is 13.1 Å². The summed E-state index contributed by atoms with van der Waals surface area (Å²) in [5, 5.41) is 3.17. The molecule has 0 fully saturated rings. The molecule has 0 spiro atoms. The third-order valence-electron chi connectivity index (χ3n) is 2.66. The molecule has 0 saturated carbocycles. The van der Waals surface area contributed by atoms with Gasteiger partial charge in [0.2, 0.25) is 0 Å². The first kappa shape index (κ1) is 11.6. The van der Waals surface area contributed by atoms with Gasteiger partial charge in [-0.25, -0.2) is 0 Å². The predicted octanol–water partition coefficient (Wildman–Crippen LogP) is 1.66. The van der Waals surface area contributed by atoms with Crippen molar-refractivity contribution < 1.29 is 9.53 Å². The lowest BCUT2D eigenvalue weighted by atomic mass is 10.1. The van der Waals surface area contributed by atoms with Gasteiger partial charge in [-0.3, -0.25) is 9.79 Å². The predicted molar refractivity (Wildman–Crippen MR) is 66.8 cm³/mol. The number of benzene rings is 1. The van der Waals surface area contributed by atoms with E-state index in [9.17, 15) is 4.79 Å². The van der Waals surface area contributed by atoms with Gasteiger partial charge in [-0.05, 0) is 26.0 Å². The molecule has 0 saturated heterocycles. The summed E-state index contributed by atoms with van der Waals surface area (Å²) in [5.74, 6) is 1.47. The summed E-state index contributed by atoms with van der Waals surface area (Å²) in [4.78, 5) is 15.7. The fourth-order valence-electron chi connectivity index (χ4n) is 1.80. The van der Waals surface area contributed by atoms with Crippen molar-refractivity contribution in [3.05, 3.63) is 29.8 Å². The van der Waals surface area contributed by atoms with Gasteiger partial charge in [0.05, 0.1) is 12.1 Å². The van der Waals surface area contributed by atoms with E-state index in [0.29, 0.717) is 11.3 Å². The summed E-state index contributed by atoms with van der Waals surface area (Å²) in [6, 6.07) is 7.27. The molecule has 1 aromatic carbocycles. The van der Waals surface area contributed by atoms with Crippen molar-refractivity contribution in [1.82, 2.24) is 5.32 Å². The highest BCUT2D eigenvalue weighted by atomic mass is 16.5. The van der Waals surface area contributed by atoms with Crippen LogP contribution in [0.25, 0.3) is 0 Å². The number of ketones is 1. The molecule has 2 rings (SSSR count). The molecular weight excluding hydrogens is 216 g/mol. The summed E-state index contributed by atoms with van der Waals surface area (Å²) in [6.07, 6.45) is -0.155. The molecule has 1 atom stereocenters. The van der Waals surface area contributed by atoms with E-state index in [1.165, 1.54) is 6.92 Å². The molecule has 4 heteroatoms. The molecule has 0 radical (unpaired) electrons. The lowest BCUT2D eigenvalue weighted by Gasteiger charge is -2.16. The summed E-state index contributed by atoms with van der Waals surface area (Å²) in [5.41, 5.74) is 0.609. The van der Waals surface area contributed by atoms with Crippen LogP contribution in [0.4, 0.5) is 0 Å². The lowest BCUT2D eigenvalue weighted by molar-refractivity contribution is 0.101. The molecule has 0 amide bonds. The van der Waals surface area contributed by atoms with E-state index in [4.69, 9.17) is 4.74 Å². The molecule has 17 heavy (non-hydrogen) atoms. The maximum absolute atomic E-state index is 11.4. The molecule has 1 unspecified atom stereocenters. The molecule has 0 aliphatic carbocycles. The number of rotatable bonds is 4. The van der Waals surface area contributed by atoms with Crippen molar-refractivity contribution in [3.8, 4) is 5.75 Å². The van der Waals surface area contributed by atoms with E-state index < -0.39 is 0 Å². The fraction of sp³-hybridized carbons (Fsp3) is 0.385. The minimum Gasteiger partial charge on any atom is -0.482 e. The highest BCUT2D eigenvalue weighted by Gasteiger charge is 2.17. The van der Waals surface area contributed by atoms with Crippen molar-refractivity contribution in [3.63, 3.8) is 0 Å². The number of nitrogens with zero attached hydrogens (tertiary/aromatic N) is 1. The first-order chi connectivity index (χ1) is 8.18. The van der Waals surface area contributed by atoms with Gasteiger partial charge in [0.1, 0.15) is 11.6 Å². The highest BCUT2D eigenvalue weighted by molar-refractivity contribution is 5.97. The van der Waals surface area contributed by atoms with Gasteiger partial charge in [0.25, 0.3) is 0 Å². The zero-order valence-electron chi connectivity index (χ0n) is 10.1. The Morgan fingerprint density at radius 2 is 2.24 bits per heavy atom. The molecule has 1 aromatic rings.